The van der Waals surface area contributed by atoms with Crippen molar-refractivity contribution in [1.82, 2.24) is 4.90 Å². The Morgan fingerprint density at radius 1 is 1.12 bits per heavy atom. The van der Waals surface area contributed by atoms with Crippen LogP contribution in [0.25, 0.3) is 0 Å². The Morgan fingerprint density at radius 2 is 1.79 bits per heavy atom. The fourth-order valence-corrected chi connectivity index (χ4v) is 3.63. The normalized spacial score (nSPS) is 22.0. The maximum absolute atomic E-state index is 12.7. The van der Waals surface area contributed by atoms with E-state index in [4.69, 9.17) is 5.73 Å². The molecule has 2 N–H and O–H groups in total. The monoisotopic (exact) mass is 329 g/mol. The number of primary amides is 1. The molecule has 1 aromatic rings. The van der Waals surface area contributed by atoms with Crippen molar-refractivity contribution in [2.24, 2.45) is 17.6 Å². The van der Waals surface area contributed by atoms with E-state index in [-0.39, 0.29) is 36.0 Å². The van der Waals surface area contributed by atoms with Crippen molar-refractivity contribution >= 4 is 23.4 Å². The molecule has 0 aromatic heterocycles. The summed E-state index contributed by atoms with van der Waals surface area (Å²) in [5.41, 5.74) is 6.09. The maximum Gasteiger partial charge on any atom is 0.228 e. The SMILES string of the molecule is NC(=O)CC1CCN(C(=O)[C@H]2CC(=O)N(c3ccccc3)C2)CC1. The summed E-state index contributed by atoms with van der Waals surface area (Å²) in [7, 11) is 0. The third-order valence-electron chi connectivity index (χ3n) is 4.96. The van der Waals surface area contributed by atoms with Crippen molar-refractivity contribution in [1.29, 1.82) is 0 Å². The number of nitrogens with two attached hydrogens (primary N) is 1. The van der Waals surface area contributed by atoms with Crippen molar-refractivity contribution in [3.05, 3.63) is 30.3 Å². The molecule has 1 aromatic carbocycles. The molecular formula is C18H23N3O3. The summed E-state index contributed by atoms with van der Waals surface area (Å²) in [4.78, 5) is 39.5. The summed E-state index contributed by atoms with van der Waals surface area (Å²) in [6, 6.07) is 9.46. The minimum atomic E-state index is -0.278. The number of benzene rings is 1. The van der Waals surface area contributed by atoms with Gasteiger partial charge in [-0.1, -0.05) is 18.2 Å². The molecule has 0 spiro atoms. The van der Waals surface area contributed by atoms with Gasteiger partial charge in [0.2, 0.25) is 17.7 Å². The number of nitrogens with zero attached hydrogens (tertiary/aromatic N) is 2. The molecule has 0 saturated carbocycles. The maximum atomic E-state index is 12.7. The van der Waals surface area contributed by atoms with Crippen molar-refractivity contribution < 1.29 is 14.4 Å². The zero-order valence-corrected chi connectivity index (χ0v) is 13.7. The molecule has 6 heteroatoms. The van der Waals surface area contributed by atoms with Crippen LogP contribution in [0.2, 0.25) is 0 Å². The van der Waals surface area contributed by atoms with Crippen LogP contribution >= 0.6 is 0 Å². The van der Waals surface area contributed by atoms with Gasteiger partial charge < -0.3 is 15.5 Å². The minimum Gasteiger partial charge on any atom is -0.370 e. The van der Waals surface area contributed by atoms with E-state index in [1.165, 1.54) is 0 Å². The van der Waals surface area contributed by atoms with E-state index in [0.717, 1.165) is 18.5 Å². The van der Waals surface area contributed by atoms with E-state index in [0.29, 0.717) is 26.1 Å². The fraction of sp³-hybridized carbons (Fsp3) is 0.500. The van der Waals surface area contributed by atoms with E-state index >= 15 is 0 Å². The zero-order chi connectivity index (χ0) is 17.1. The third-order valence-corrected chi connectivity index (χ3v) is 4.96. The van der Waals surface area contributed by atoms with Gasteiger partial charge in [-0.15, -0.1) is 0 Å². The van der Waals surface area contributed by atoms with Crippen LogP contribution in [0, 0.1) is 11.8 Å². The highest BCUT2D eigenvalue weighted by molar-refractivity contribution is 6.00. The molecular weight excluding hydrogens is 306 g/mol. The van der Waals surface area contributed by atoms with Gasteiger partial charge in [-0.05, 0) is 30.9 Å². The topological polar surface area (TPSA) is 83.7 Å². The molecule has 2 saturated heterocycles. The van der Waals surface area contributed by atoms with E-state index in [1.807, 2.05) is 35.2 Å². The molecule has 2 aliphatic heterocycles. The number of amides is 3. The van der Waals surface area contributed by atoms with E-state index in [2.05, 4.69) is 0 Å². The minimum absolute atomic E-state index is 0.00293. The van der Waals surface area contributed by atoms with Crippen molar-refractivity contribution in [2.45, 2.75) is 25.7 Å². The lowest BCUT2D eigenvalue weighted by Crippen LogP contribution is -2.43. The first-order chi connectivity index (χ1) is 11.5. The Bertz CT molecular complexity index is 624. The molecule has 0 aliphatic carbocycles. The highest BCUT2D eigenvalue weighted by Gasteiger charge is 2.38. The molecule has 3 amide bonds. The molecule has 2 heterocycles. The van der Waals surface area contributed by atoms with Gasteiger partial charge in [0.25, 0.3) is 0 Å². The molecule has 2 aliphatic rings. The molecule has 1 atom stereocenters. The van der Waals surface area contributed by atoms with Gasteiger partial charge in [-0.25, -0.2) is 0 Å². The molecule has 3 rings (SSSR count). The Kier molecular flexibility index (Phi) is 4.83. The first-order valence-electron chi connectivity index (χ1n) is 8.47. The van der Waals surface area contributed by atoms with E-state index in [9.17, 15) is 14.4 Å². The Hall–Kier alpha value is -2.37. The van der Waals surface area contributed by atoms with Gasteiger partial charge >= 0.3 is 0 Å². The molecule has 6 nitrogen and oxygen atoms in total. The largest absolute Gasteiger partial charge is 0.370 e. The summed E-state index contributed by atoms with van der Waals surface area (Å²) >= 11 is 0. The van der Waals surface area contributed by atoms with Gasteiger partial charge in [0.15, 0.2) is 0 Å². The molecule has 0 unspecified atom stereocenters. The summed E-state index contributed by atoms with van der Waals surface area (Å²) in [5.74, 6) is -0.217. The number of piperidine rings is 1. The van der Waals surface area contributed by atoms with Crippen molar-refractivity contribution in [2.75, 3.05) is 24.5 Å². The van der Waals surface area contributed by atoms with Crippen LogP contribution in [0.1, 0.15) is 25.7 Å². The van der Waals surface area contributed by atoms with Gasteiger partial charge in [0.05, 0.1) is 5.92 Å². The van der Waals surface area contributed by atoms with Gasteiger partial charge in [0, 0.05) is 38.2 Å². The number of likely N-dealkylation sites (tertiary alicyclic amines) is 1. The second-order valence-corrected chi connectivity index (χ2v) is 6.68. The summed E-state index contributed by atoms with van der Waals surface area (Å²) < 4.78 is 0. The van der Waals surface area contributed by atoms with Crippen molar-refractivity contribution in [3.63, 3.8) is 0 Å². The number of hydrogen-bond acceptors (Lipinski definition) is 3. The Morgan fingerprint density at radius 3 is 2.42 bits per heavy atom. The lowest BCUT2D eigenvalue weighted by atomic mass is 9.92. The molecule has 0 radical (unpaired) electrons. The van der Waals surface area contributed by atoms with Gasteiger partial charge in [-0.2, -0.15) is 0 Å². The average molecular weight is 329 g/mol. The predicted octanol–water partition coefficient (Wildman–Crippen LogP) is 1.15. The number of carbonyl (C=O) groups excluding carboxylic acids is 3. The van der Waals surface area contributed by atoms with Crippen LogP contribution in [0.3, 0.4) is 0 Å². The predicted molar refractivity (Wildman–Crippen MR) is 90.0 cm³/mol. The number of carbonyl (C=O) groups is 3. The lowest BCUT2D eigenvalue weighted by Gasteiger charge is -2.33. The second-order valence-electron chi connectivity index (χ2n) is 6.68. The van der Waals surface area contributed by atoms with Crippen LogP contribution in [0.4, 0.5) is 5.69 Å². The quantitative estimate of drug-likeness (QED) is 0.899. The smallest absolute Gasteiger partial charge is 0.228 e. The number of anilines is 1. The lowest BCUT2D eigenvalue weighted by molar-refractivity contribution is -0.137. The van der Waals surface area contributed by atoms with Gasteiger partial charge in [-0.3, -0.25) is 14.4 Å². The Balaban J connectivity index is 1.57. The number of hydrogen-bond donors (Lipinski definition) is 1. The number of rotatable bonds is 4. The first-order valence-corrected chi connectivity index (χ1v) is 8.47. The second kappa shape index (κ2) is 7.03. The molecule has 0 bridgehead atoms. The number of para-hydroxylation sites is 1. The summed E-state index contributed by atoms with van der Waals surface area (Å²) in [6.07, 6.45) is 2.27. The highest BCUT2D eigenvalue weighted by Crippen LogP contribution is 2.28. The first kappa shape index (κ1) is 16.5. The standard InChI is InChI=1S/C18H23N3O3/c19-16(22)10-13-6-8-20(9-7-13)18(24)14-11-17(23)21(12-14)15-4-2-1-3-5-15/h1-5,13-14H,6-12H2,(H2,19,22)/t14-/m0/s1. The summed E-state index contributed by atoms with van der Waals surface area (Å²) in [6.45, 7) is 1.74. The van der Waals surface area contributed by atoms with E-state index in [1.54, 1.807) is 4.90 Å². The van der Waals surface area contributed by atoms with Crippen LogP contribution in [0.5, 0.6) is 0 Å². The van der Waals surface area contributed by atoms with Crippen LogP contribution in [-0.4, -0.2) is 42.3 Å². The molecule has 2 fully saturated rings. The van der Waals surface area contributed by atoms with E-state index < -0.39 is 0 Å². The van der Waals surface area contributed by atoms with Crippen molar-refractivity contribution in [3.8, 4) is 0 Å². The Labute approximate surface area is 141 Å². The average Bonchev–Trinajstić information content (AvgIpc) is 2.97. The van der Waals surface area contributed by atoms with Crippen LogP contribution in [0.15, 0.2) is 30.3 Å². The molecule has 128 valence electrons. The summed E-state index contributed by atoms with van der Waals surface area (Å²) in [5, 5.41) is 0. The van der Waals surface area contributed by atoms with Gasteiger partial charge in [0.1, 0.15) is 0 Å². The van der Waals surface area contributed by atoms with Crippen LogP contribution < -0.4 is 10.6 Å². The highest BCUT2D eigenvalue weighted by atomic mass is 16.2. The molecule has 24 heavy (non-hydrogen) atoms. The zero-order valence-electron chi connectivity index (χ0n) is 13.7. The van der Waals surface area contributed by atoms with Crippen LogP contribution in [-0.2, 0) is 14.4 Å². The third kappa shape index (κ3) is 3.58. The fourth-order valence-electron chi connectivity index (χ4n) is 3.63.